The van der Waals surface area contributed by atoms with Crippen LogP contribution in [0.1, 0.15) is 24.3 Å². The number of hydrogen-bond donors (Lipinski definition) is 1. The zero-order valence-corrected chi connectivity index (χ0v) is 14.5. The number of aliphatic imine (C=N–C) groups is 1. The summed E-state index contributed by atoms with van der Waals surface area (Å²) in [6.45, 7) is 0. The average Bonchev–Trinajstić information content (AvgIpc) is 2.62. The van der Waals surface area contributed by atoms with E-state index in [1.807, 2.05) is 24.3 Å². The maximum Gasteiger partial charge on any atom is 0.168 e. The van der Waals surface area contributed by atoms with Crippen LogP contribution < -0.4 is 4.74 Å². The predicted molar refractivity (Wildman–Crippen MR) is 99.2 cm³/mol. The molecule has 1 atom stereocenters. The summed E-state index contributed by atoms with van der Waals surface area (Å²) in [5, 5.41) is 10.9. The Bertz CT molecular complexity index is 823. The number of aliphatic hydroxyl groups excluding tert-OH is 1. The Balaban J connectivity index is 1.77. The summed E-state index contributed by atoms with van der Waals surface area (Å²) in [5.74, 6) is 0.699. The standard InChI is InChI=1S/C20H18ClNO3/c1-25-17-8-2-13(3-9-17)14-10-19(23)18(20(24)11-14)12-22-16-6-4-15(21)5-7-16/h2-9,12,14,23H,10-11H2,1H3. The van der Waals surface area contributed by atoms with Gasteiger partial charge in [-0.05, 0) is 47.9 Å². The first-order chi connectivity index (χ1) is 12.1. The van der Waals surface area contributed by atoms with Crippen LogP contribution in [0, 0.1) is 0 Å². The Labute approximate surface area is 151 Å². The normalized spacial score (nSPS) is 18.0. The lowest BCUT2D eigenvalue weighted by molar-refractivity contribution is -0.116. The number of allylic oxidation sites excluding steroid dienone is 2. The van der Waals surface area contributed by atoms with Crippen LogP contribution in [0.5, 0.6) is 5.75 Å². The molecule has 3 rings (SSSR count). The van der Waals surface area contributed by atoms with Gasteiger partial charge in [-0.15, -0.1) is 0 Å². The summed E-state index contributed by atoms with van der Waals surface area (Å²) in [4.78, 5) is 16.7. The molecule has 1 aliphatic carbocycles. The van der Waals surface area contributed by atoms with E-state index >= 15 is 0 Å². The fourth-order valence-corrected chi connectivity index (χ4v) is 2.96. The second-order valence-electron chi connectivity index (χ2n) is 5.90. The van der Waals surface area contributed by atoms with E-state index in [4.69, 9.17) is 16.3 Å². The van der Waals surface area contributed by atoms with Crippen molar-refractivity contribution >= 4 is 29.3 Å². The van der Waals surface area contributed by atoms with Crippen molar-refractivity contribution < 1.29 is 14.6 Å². The van der Waals surface area contributed by atoms with Gasteiger partial charge in [-0.2, -0.15) is 0 Å². The summed E-state index contributed by atoms with van der Waals surface area (Å²) in [6.07, 6.45) is 2.20. The molecule has 0 saturated carbocycles. The van der Waals surface area contributed by atoms with Crippen LogP contribution in [0.4, 0.5) is 5.69 Å². The third-order valence-electron chi connectivity index (χ3n) is 4.24. The van der Waals surface area contributed by atoms with E-state index in [1.54, 1.807) is 31.4 Å². The SMILES string of the molecule is COc1ccc(C2CC(=O)C(C=Nc3ccc(Cl)cc3)=C(O)C2)cc1. The quantitative estimate of drug-likeness (QED) is 0.784. The molecular formula is C20H18ClNO3. The lowest BCUT2D eigenvalue weighted by Crippen LogP contribution is -2.19. The van der Waals surface area contributed by atoms with Crippen molar-refractivity contribution in [1.82, 2.24) is 0 Å². The fourth-order valence-electron chi connectivity index (χ4n) is 2.83. The van der Waals surface area contributed by atoms with Gasteiger partial charge in [0.1, 0.15) is 11.5 Å². The Morgan fingerprint density at radius 2 is 1.80 bits per heavy atom. The summed E-state index contributed by atoms with van der Waals surface area (Å²) < 4.78 is 5.15. The lowest BCUT2D eigenvalue weighted by atomic mass is 9.83. The van der Waals surface area contributed by atoms with Gasteiger partial charge in [0.2, 0.25) is 0 Å². The predicted octanol–water partition coefficient (Wildman–Crippen LogP) is 5.01. The lowest BCUT2D eigenvalue weighted by Gasteiger charge is -2.22. The van der Waals surface area contributed by atoms with Crippen molar-refractivity contribution in [2.45, 2.75) is 18.8 Å². The third kappa shape index (κ3) is 4.09. The highest BCUT2D eigenvalue weighted by molar-refractivity contribution is 6.30. The smallest absolute Gasteiger partial charge is 0.168 e. The molecule has 1 unspecified atom stereocenters. The van der Waals surface area contributed by atoms with Crippen molar-refractivity contribution in [2.24, 2.45) is 4.99 Å². The van der Waals surface area contributed by atoms with Crippen molar-refractivity contribution in [3.8, 4) is 5.75 Å². The fraction of sp³-hybridized carbons (Fsp3) is 0.200. The molecule has 1 aliphatic rings. The van der Waals surface area contributed by atoms with Gasteiger partial charge in [-0.25, -0.2) is 0 Å². The number of rotatable bonds is 4. The number of nitrogens with zero attached hydrogens (tertiary/aromatic N) is 1. The van der Waals surface area contributed by atoms with Crippen LogP contribution in [-0.2, 0) is 4.79 Å². The van der Waals surface area contributed by atoms with Crippen LogP contribution in [0.25, 0.3) is 0 Å². The van der Waals surface area contributed by atoms with Crippen molar-refractivity contribution in [1.29, 1.82) is 0 Å². The van der Waals surface area contributed by atoms with Crippen LogP contribution in [0.15, 0.2) is 64.9 Å². The number of methoxy groups -OCH3 is 1. The molecular weight excluding hydrogens is 338 g/mol. The molecule has 0 heterocycles. The highest BCUT2D eigenvalue weighted by Gasteiger charge is 2.27. The minimum Gasteiger partial charge on any atom is -0.511 e. The van der Waals surface area contributed by atoms with Crippen molar-refractivity contribution in [3.05, 3.63) is 70.4 Å². The molecule has 4 nitrogen and oxygen atoms in total. The van der Waals surface area contributed by atoms with Crippen molar-refractivity contribution in [2.75, 3.05) is 7.11 Å². The molecule has 0 fully saturated rings. The van der Waals surface area contributed by atoms with Crippen LogP contribution in [0.2, 0.25) is 5.02 Å². The second-order valence-corrected chi connectivity index (χ2v) is 6.33. The molecule has 2 aromatic carbocycles. The Morgan fingerprint density at radius 3 is 2.40 bits per heavy atom. The second kappa shape index (κ2) is 7.53. The number of halogens is 1. The number of Topliss-reactive ketones (excluding diaryl/α,β-unsaturated/α-hetero) is 1. The van der Waals surface area contributed by atoms with Gasteiger partial charge in [-0.3, -0.25) is 9.79 Å². The molecule has 0 radical (unpaired) electrons. The molecule has 0 bridgehead atoms. The number of ether oxygens (including phenoxy) is 1. The number of ketones is 1. The number of aliphatic hydroxyl groups is 1. The van der Waals surface area contributed by atoms with E-state index in [2.05, 4.69) is 4.99 Å². The Kier molecular flexibility index (Phi) is 5.19. The van der Waals surface area contributed by atoms with Gasteiger partial charge in [0, 0.05) is 24.1 Å². The molecule has 1 N–H and O–H groups in total. The largest absolute Gasteiger partial charge is 0.511 e. The van der Waals surface area contributed by atoms with Crippen LogP contribution >= 0.6 is 11.6 Å². The molecule has 0 amide bonds. The first-order valence-electron chi connectivity index (χ1n) is 7.95. The van der Waals surface area contributed by atoms with Crippen molar-refractivity contribution in [3.63, 3.8) is 0 Å². The zero-order chi connectivity index (χ0) is 17.8. The maximum absolute atomic E-state index is 12.4. The van der Waals surface area contributed by atoms with Gasteiger partial charge in [0.05, 0.1) is 18.4 Å². The molecule has 0 aromatic heterocycles. The van der Waals surface area contributed by atoms with E-state index < -0.39 is 0 Å². The molecule has 5 heteroatoms. The number of benzene rings is 2. The molecule has 0 aliphatic heterocycles. The zero-order valence-electron chi connectivity index (χ0n) is 13.8. The first-order valence-corrected chi connectivity index (χ1v) is 8.33. The van der Waals surface area contributed by atoms with Gasteiger partial charge >= 0.3 is 0 Å². The molecule has 128 valence electrons. The van der Waals surface area contributed by atoms with E-state index in [1.165, 1.54) is 6.21 Å². The monoisotopic (exact) mass is 355 g/mol. The van der Waals surface area contributed by atoms with E-state index in [0.29, 0.717) is 23.6 Å². The first kappa shape index (κ1) is 17.2. The minimum absolute atomic E-state index is 0.0360. The third-order valence-corrected chi connectivity index (χ3v) is 4.49. The van der Waals surface area contributed by atoms with Gasteiger partial charge in [0.25, 0.3) is 0 Å². The highest BCUT2D eigenvalue weighted by Crippen LogP contribution is 2.34. The molecule has 0 spiro atoms. The minimum atomic E-state index is -0.109. The Morgan fingerprint density at radius 1 is 1.12 bits per heavy atom. The number of carbonyl (C=O) groups excluding carboxylic acids is 1. The summed E-state index contributed by atoms with van der Waals surface area (Å²) >= 11 is 5.84. The summed E-state index contributed by atoms with van der Waals surface area (Å²) in [7, 11) is 1.61. The number of hydrogen-bond acceptors (Lipinski definition) is 4. The highest BCUT2D eigenvalue weighted by atomic mass is 35.5. The summed E-state index contributed by atoms with van der Waals surface area (Å²) in [5.41, 5.74) is 1.96. The maximum atomic E-state index is 12.4. The average molecular weight is 356 g/mol. The van der Waals surface area contributed by atoms with Crippen LogP contribution in [-0.4, -0.2) is 24.2 Å². The van der Waals surface area contributed by atoms with E-state index in [0.717, 1.165) is 11.3 Å². The molecule has 0 saturated heterocycles. The Hall–Kier alpha value is -2.59. The summed E-state index contributed by atoms with van der Waals surface area (Å²) in [6, 6.07) is 14.5. The molecule has 2 aromatic rings. The van der Waals surface area contributed by atoms with Crippen LogP contribution in [0.3, 0.4) is 0 Å². The van der Waals surface area contributed by atoms with Gasteiger partial charge in [-0.1, -0.05) is 23.7 Å². The van der Waals surface area contributed by atoms with Gasteiger partial charge in [0.15, 0.2) is 5.78 Å². The van der Waals surface area contributed by atoms with Gasteiger partial charge < -0.3 is 9.84 Å². The number of carbonyl (C=O) groups is 1. The topological polar surface area (TPSA) is 58.9 Å². The van der Waals surface area contributed by atoms with E-state index in [9.17, 15) is 9.90 Å². The molecule has 25 heavy (non-hydrogen) atoms. The van der Waals surface area contributed by atoms with E-state index in [-0.39, 0.29) is 23.0 Å².